The summed E-state index contributed by atoms with van der Waals surface area (Å²) in [5, 5.41) is 6.20. The second-order valence-corrected chi connectivity index (χ2v) is 7.43. The lowest BCUT2D eigenvalue weighted by Crippen LogP contribution is -2.37. The van der Waals surface area contributed by atoms with E-state index in [1.165, 1.54) is 0 Å². The third-order valence-corrected chi connectivity index (χ3v) is 4.58. The van der Waals surface area contributed by atoms with Gasteiger partial charge in [-0.1, -0.05) is 61.5 Å². The van der Waals surface area contributed by atoms with Crippen LogP contribution in [0.4, 0.5) is 0 Å². The van der Waals surface area contributed by atoms with Crippen LogP contribution in [-0.2, 0) is 9.53 Å². The van der Waals surface area contributed by atoms with Gasteiger partial charge < -0.3 is 15.4 Å². The Morgan fingerprint density at radius 3 is 2.35 bits per heavy atom. The van der Waals surface area contributed by atoms with Crippen LogP contribution in [0.3, 0.4) is 0 Å². The number of carbonyl (C=O) groups excluding carboxylic acids is 1. The molecule has 0 aliphatic carbocycles. The number of rotatable bonds is 12. The lowest BCUT2D eigenvalue weighted by atomic mass is 10.0. The molecule has 0 saturated carbocycles. The first-order chi connectivity index (χ1) is 15.0. The molecule has 1 aliphatic heterocycles. The Kier molecular flexibility index (Phi) is 21.9. The van der Waals surface area contributed by atoms with Gasteiger partial charge in [0.25, 0.3) is 0 Å². The molecule has 182 valence electrons. The quantitative estimate of drug-likeness (QED) is 0.199. The molecular weight excluding hydrogens is 388 g/mol. The summed E-state index contributed by atoms with van der Waals surface area (Å²) >= 11 is 0. The van der Waals surface area contributed by atoms with E-state index in [0.717, 1.165) is 69.9 Å². The van der Waals surface area contributed by atoms with E-state index in [0.29, 0.717) is 18.0 Å². The minimum Gasteiger partial charge on any atom is -0.379 e. The number of aliphatic imine (C=N–C) groups is 1. The Labute approximate surface area is 192 Å². The highest BCUT2D eigenvalue weighted by Crippen LogP contribution is 2.15. The van der Waals surface area contributed by atoms with Gasteiger partial charge in [0.05, 0.1) is 31.8 Å². The van der Waals surface area contributed by atoms with Crippen molar-refractivity contribution in [2.24, 2.45) is 10.9 Å². The molecule has 0 radical (unpaired) electrons. The fourth-order valence-electron chi connectivity index (χ4n) is 2.82. The fourth-order valence-corrected chi connectivity index (χ4v) is 2.82. The lowest BCUT2D eigenvalue weighted by Gasteiger charge is -2.25. The topological polar surface area (TPSA) is 66.0 Å². The van der Waals surface area contributed by atoms with Crippen LogP contribution in [0.15, 0.2) is 28.4 Å². The summed E-state index contributed by atoms with van der Waals surface area (Å²) in [4.78, 5) is 19.3. The van der Waals surface area contributed by atoms with Crippen LogP contribution < -0.4 is 10.6 Å². The number of nitrogens with one attached hydrogen (secondary N) is 2. The van der Waals surface area contributed by atoms with Gasteiger partial charge in [-0.3, -0.25) is 14.7 Å². The number of hydrogen-bond donors (Lipinski definition) is 2. The van der Waals surface area contributed by atoms with Crippen molar-refractivity contribution in [2.45, 2.75) is 74.7 Å². The van der Waals surface area contributed by atoms with Gasteiger partial charge in [-0.05, 0) is 31.3 Å². The Morgan fingerprint density at radius 1 is 1.19 bits per heavy atom. The predicted molar refractivity (Wildman–Crippen MR) is 136 cm³/mol. The highest BCUT2D eigenvalue weighted by Gasteiger charge is 2.13. The van der Waals surface area contributed by atoms with Crippen LogP contribution in [0, 0.1) is 5.92 Å². The summed E-state index contributed by atoms with van der Waals surface area (Å²) in [6.07, 6.45) is 4.50. The van der Waals surface area contributed by atoms with Crippen LogP contribution >= 0.6 is 0 Å². The Balaban J connectivity index is 0. The van der Waals surface area contributed by atoms with Crippen LogP contribution in [0.2, 0.25) is 0 Å². The fraction of sp³-hybridized carbons (Fsp3) is 0.760. The van der Waals surface area contributed by atoms with Crippen LogP contribution in [0.5, 0.6) is 0 Å². The maximum Gasteiger partial charge on any atom is 0.249 e. The highest BCUT2D eigenvalue weighted by molar-refractivity contribution is 5.94. The van der Waals surface area contributed by atoms with Gasteiger partial charge in [0.1, 0.15) is 0 Å². The van der Waals surface area contributed by atoms with E-state index >= 15 is 0 Å². The number of amides is 1. The molecule has 1 rings (SSSR count). The number of ether oxygens (including phenoxy) is 1. The molecule has 0 aromatic rings. The normalized spacial score (nSPS) is 14.7. The van der Waals surface area contributed by atoms with Gasteiger partial charge in [0, 0.05) is 31.8 Å². The zero-order valence-corrected chi connectivity index (χ0v) is 21.6. The molecule has 31 heavy (non-hydrogen) atoms. The van der Waals surface area contributed by atoms with E-state index in [2.05, 4.69) is 47.9 Å². The molecule has 0 aromatic heterocycles. The van der Waals surface area contributed by atoms with E-state index in [1.54, 1.807) is 6.34 Å². The Morgan fingerprint density at radius 2 is 1.81 bits per heavy atom. The predicted octanol–water partition coefficient (Wildman–Crippen LogP) is 4.78. The van der Waals surface area contributed by atoms with Crippen molar-refractivity contribution in [3.63, 3.8) is 0 Å². The molecule has 0 bridgehead atoms. The smallest absolute Gasteiger partial charge is 0.249 e. The molecule has 0 spiro atoms. The van der Waals surface area contributed by atoms with Gasteiger partial charge in [-0.15, -0.1) is 0 Å². The number of carbonyl (C=O) groups is 1. The number of hydrogen-bond acceptors (Lipinski definition) is 4. The summed E-state index contributed by atoms with van der Waals surface area (Å²) in [6, 6.07) is 0. The minimum atomic E-state index is -0.0443. The third-order valence-electron chi connectivity index (χ3n) is 4.58. The summed E-state index contributed by atoms with van der Waals surface area (Å²) in [5.41, 5.74) is 2.39. The molecule has 1 saturated heterocycles. The summed E-state index contributed by atoms with van der Waals surface area (Å²) in [5.74, 6) is 0.526. The standard InChI is InChI=1S/C21H38N4O2.2C2H6/c1-6-7-18(4)20(19(5)21(26)23-9-8-17(2)3)24-16-22-10-11-25-12-14-27-15-13-25;2*1-2/h16-17H,4,6-15H2,1-3,5H3,(H,22,24)(H,23,26);2*1-2H3/b20-19-;;. The van der Waals surface area contributed by atoms with E-state index in [-0.39, 0.29) is 5.91 Å². The number of nitrogens with zero attached hydrogens (tertiary/aromatic N) is 2. The molecule has 6 heteroatoms. The van der Waals surface area contributed by atoms with Crippen molar-refractivity contribution in [1.29, 1.82) is 0 Å². The van der Waals surface area contributed by atoms with Crippen molar-refractivity contribution < 1.29 is 9.53 Å². The van der Waals surface area contributed by atoms with Crippen molar-refractivity contribution in [1.82, 2.24) is 15.5 Å². The second-order valence-electron chi connectivity index (χ2n) is 7.43. The molecule has 2 N–H and O–H groups in total. The monoisotopic (exact) mass is 438 g/mol. The first-order valence-electron chi connectivity index (χ1n) is 12.2. The van der Waals surface area contributed by atoms with Crippen LogP contribution in [0.25, 0.3) is 0 Å². The van der Waals surface area contributed by atoms with Gasteiger partial charge >= 0.3 is 0 Å². The Bertz CT molecular complexity index is 522. The molecule has 6 nitrogen and oxygen atoms in total. The third kappa shape index (κ3) is 15.7. The van der Waals surface area contributed by atoms with Crippen LogP contribution in [-0.4, -0.2) is 63.1 Å². The molecule has 1 amide bonds. The lowest BCUT2D eigenvalue weighted by molar-refractivity contribution is -0.117. The maximum atomic E-state index is 12.5. The van der Waals surface area contributed by atoms with E-state index in [1.807, 2.05) is 34.6 Å². The van der Waals surface area contributed by atoms with E-state index in [4.69, 9.17) is 4.74 Å². The molecule has 1 fully saturated rings. The van der Waals surface area contributed by atoms with Gasteiger partial charge in [-0.2, -0.15) is 0 Å². The van der Waals surface area contributed by atoms with Gasteiger partial charge in [0.15, 0.2) is 0 Å². The highest BCUT2D eigenvalue weighted by atomic mass is 16.5. The van der Waals surface area contributed by atoms with Crippen molar-refractivity contribution in [3.05, 3.63) is 23.4 Å². The number of allylic oxidation sites excluding steroid dienone is 1. The second kappa shape index (κ2) is 21.6. The Hall–Kier alpha value is -1.66. The minimum absolute atomic E-state index is 0.0443. The summed E-state index contributed by atoms with van der Waals surface area (Å²) in [7, 11) is 0. The molecule has 1 heterocycles. The van der Waals surface area contributed by atoms with Gasteiger partial charge in [-0.25, -0.2) is 0 Å². The molecule has 0 unspecified atom stereocenters. The summed E-state index contributed by atoms with van der Waals surface area (Å²) in [6.45, 7) is 26.3. The van der Waals surface area contributed by atoms with Crippen molar-refractivity contribution >= 4 is 12.2 Å². The molecular formula is C25H50N4O2. The molecule has 0 aromatic carbocycles. The molecule has 1 aliphatic rings. The average molecular weight is 439 g/mol. The van der Waals surface area contributed by atoms with Crippen LogP contribution in [0.1, 0.15) is 74.7 Å². The zero-order chi connectivity index (χ0) is 24.1. The van der Waals surface area contributed by atoms with Gasteiger partial charge in [0.2, 0.25) is 5.91 Å². The first kappa shape index (κ1) is 31.5. The average Bonchev–Trinajstić information content (AvgIpc) is 2.79. The van der Waals surface area contributed by atoms with Crippen molar-refractivity contribution in [2.75, 3.05) is 45.9 Å². The molecule has 0 atom stereocenters. The first-order valence-corrected chi connectivity index (χ1v) is 12.2. The summed E-state index contributed by atoms with van der Waals surface area (Å²) < 4.78 is 5.35. The zero-order valence-electron chi connectivity index (χ0n) is 21.6. The SMILES string of the molecule is C=C(CCC)/C(NC=NCCN1CCOCC1)=C(\C)C(=O)NCCC(C)C.CC.CC. The van der Waals surface area contributed by atoms with Crippen molar-refractivity contribution in [3.8, 4) is 0 Å². The number of morpholine rings is 1. The largest absolute Gasteiger partial charge is 0.379 e. The van der Waals surface area contributed by atoms with E-state index < -0.39 is 0 Å². The maximum absolute atomic E-state index is 12.5. The van der Waals surface area contributed by atoms with E-state index in [9.17, 15) is 4.79 Å².